The van der Waals surface area contributed by atoms with Gasteiger partial charge in [0.25, 0.3) is 5.56 Å². The van der Waals surface area contributed by atoms with E-state index < -0.39 is 0 Å². The quantitative estimate of drug-likeness (QED) is 0.816. The van der Waals surface area contributed by atoms with Gasteiger partial charge in [0.15, 0.2) is 5.82 Å². The normalized spacial score (nSPS) is 17.7. The Bertz CT molecular complexity index is 812. The lowest BCUT2D eigenvalue weighted by Crippen LogP contribution is -2.38. The molecular formula is C19H27N5O2. The molecule has 0 amide bonds. The second-order valence-corrected chi connectivity index (χ2v) is 7.74. The van der Waals surface area contributed by atoms with Crippen LogP contribution in [0.2, 0.25) is 0 Å². The summed E-state index contributed by atoms with van der Waals surface area (Å²) in [5.41, 5.74) is 0.769. The molecule has 1 aliphatic rings. The molecule has 1 fully saturated rings. The molecule has 0 spiro atoms. The molecule has 1 atom stereocenters. The highest BCUT2D eigenvalue weighted by Gasteiger charge is 2.27. The average Bonchev–Trinajstić information content (AvgIpc) is 3.04. The van der Waals surface area contributed by atoms with Crippen LogP contribution in [-0.2, 0) is 23.3 Å². The maximum Gasteiger partial charge on any atom is 0.266 e. The van der Waals surface area contributed by atoms with Crippen molar-refractivity contribution in [3.8, 4) is 0 Å². The van der Waals surface area contributed by atoms with E-state index in [9.17, 15) is 4.79 Å². The molecule has 0 aromatic carbocycles. The van der Waals surface area contributed by atoms with E-state index in [0.717, 1.165) is 30.9 Å². The molecule has 0 radical (unpaired) electrons. The predicted molar refractivity (Wildman–Crippen MR) is 100 cm³/mol. The minimum Gasteiger partial charge on any atom is -0.377 e. The fraction of sp³-hybridized carbons (Fsp3) is 0.579. The highest BCUT2D eigenvalue weighted by molar-refractivity contribution is 5.40. The molecule has 0 aliphatic carbocycles. The number of ether oxygens (including phenoxy) is 1. The summed E-state index contributed by atoms with van der Waals surface area (Å²) in [7, 11) is 1.63. The number of nitrogens with zero attached hydrogens (tertiary/aromatic N) is 5. The first kappa shape index (κ1) is 18.5. The molecule has 3 rings (SSSR count). The zero-order chi connectivity index (χ0) is 18.7. The van der Waals surface area contributed by atoms with E-state index in [0.29, 0.717) is 19.0 Å². The molecule has 7 nitrogen and oxygen atoms in total. The Morgan fingerprint density at radius 1 is 1.27 bits per heavy atom. The lowest BCUT2D eigenvalue weighted by atomic mass is 9.92. The van der Waals surface area contributed by atoms with Gasteiger partial charge in [0, 0.05) is 31.3 Å². The second-order valence-electron chi connectivity index (χ2n) is 7.74. The molecule has 1 saturated heterocycles. The van der Waals surface area contributed by atoms with Crippen molar-refractivity contribution in [2.24, 2.45) is 0 Å². The van der Waals surface area contributed by atoms with Crippen LogP contribution in [0.4, 0.5) is 5.82 Å². The molecule has 3 heterocycles. The number of anilines is 1. The molecule has 0 bridgehead atoms. The number of hydrogen-bond acceptors (Lipinski definition) is 6. The molecule has 140 valence electrons. The van der Waals surface area contributed by atoms with Crippen molar-refractivity contribution in [3.63, 3.8) is 0 Å². The Balaban J connectivity index is 1.83. The van der Waals surface area contributed by atoms with Crippen molar-refractivity contribution in [1.82, 2.24) is 19.7 Å². The van der Waals surface area contributed by atoms with Crippen LogP contribution in [0.25, 0.3) is 0 Å². The van der Waals surface area contributed by atoms with Crippen LogP contribution in [0, 0.1) is 0 Å². The van der Waals surface area contributed by atoms with Crippen molar-refractivity contribution in [2.45, 2.75) is 58.2 Å². The van der Waals surface area contributed by atoms with Gasteiger partial charge in [-0.2, -0.15) is 5.10 Å². The van der Waals surface area contributed by atoms with Gasteiger partial charge in [0.05, 0.1) is 18.3 Å². The fourth-order valence-corrected chi connectivity index (χ4v) is 3.25. The highest BCUT2D eigenvalue weighted by Crippen LogP contribution is 2.25. The first-order valence-corrected chi connectivity index (χ1v) is 9.04. The minimum atomic E-state index is -0.0908. The van der Waals surface area contributed by atoms with Crippen LogP contribution in [0.5, 0.6) is 0 Å². The molecular weight excluding hydrogens is 330 g/mol. The van der Waals surface area contributed by atoms with Gasteiger partial charge in [-0.05, 0) is 25.0 Å². The van der Waals surface area contributed by atoms with Crippen LogP contribution in [0.15, 0.2) is 29.2 Å². The molecule has 0 saturated carbocycles. The van der Waals surface area contributed by atoms with E-state index in [-0.39, 0.29) is 17.0 Å². The third-order valence-corrected chi connectivity index (χ3v) is 4.65. The zero-order valence-electron chi connectivity index (χ0n) is 16.0. The molecule has 2 aromatic rings. The third-order valence-electron chi connectivity index (χ3n) is 4.65. The van der Waals surface area contributed by atoms with Crippen LogP contribution in [0.1, 0.15) is 45.1 Å². The Hall–Kier alpha value is -2.28. The minimum absolute atomic E-state index is 0.0624. The largest absolute Gasteiger partial charge is 0.377 e. The highest BCUT2D eigenvalue weighted by atomic mass is 16.5. The van der Waals surface area contributed by atoms with Crippen molar-refractivity contribution < 1.29 is 4.74 Å². The number of aromatic nitrogens is 4. The summed E-state index contributed by atoms with van der Waals surface area (Å²) in [6, 6.07) is 5.56. The summed E-state index contributed by atoms with van der Waals surface area (Å²) in [5.74, 6) is 1.55. The van der Waals surface area contributed by atoms with E-state index >= 15 is 0 Å². The van der Waals surface area contributed by atoms with Crippen molar-refractivity contribution in [2.75, 3.05) is 18.6 Å². The van der Waals surface area contributed by atoms with E-state index in [1.807, 2.05) is 12.1 Å². The van der Waals surface area contributed by atoms with Crippen LogP contribution in [-0.4, -0.2) is 39.4 Å². The van der Waals surface area contributed by atoms with Crippen LogP contribution in [0.3, 0.4) is 0 Å². The Morgan fingerprint density at radius 2 is 2.08 bits per heavy atom. The first-order chi connectivity index (χ1) is 12.4. The maximum atomic E-state index is 12.3. The van der Waals surface area contributed by atoms with Gasteiger partial charge in [0.2, 0.25) is 0 Å². The fourth-order valence-electron chi connectivity index (χ4n) is 3.25. The molecule has 1 aliphatic heterocycles. The lowest BCUT2D eigenvalue weighted by molar-refractivity contribution is 0.178. The van der Waals surface area contributed by atoms with E-state index in [4.69, 9.17) is 4.74 Å². The summed E-state index contributed by atoms with van der Waals surface area (Å²) < 4.78 is 6.73. The summed E-state index contributed by atoms with van der Waals surface area (Å²) in [4.78, 5) is 23.4. The topological polar surface area (TPSA) is 73.1 Å². The summed E-state index contributed by atoms with van der Waals surface area (Å²) >= 11 is 0. The molecule has 0 N–H and O–H groups in total. The van der Waals surface area contributed by atoms with Crippen molar-refractivity contribution in [3.05, 3.63) is 46.3 Å². The Kier molecular flexibility index (Phi) is 5.36. The Labute approximate surface area is 154 Å². The average molecular weight is 357 g/mol. The molecule has 1 unspecified atom stereocenters. The second kappa shape index (κ2) is 7.53. The summed E-state index contributed by atoms with van der Waals surface area (Å²) in [6.45, 7) is 8.17. The first-order valence-electron chi connectivity index (χ1n) is 9.04. The van der Waals surface area contributed by atoms with Crippen LogP contribution < -0.4 is 10.5 Å². The van der Waals surface area contributed by atoms with Gasteiger partial charge in [0.1, 0.15) is 12.4 Å². The summed E-state index contributed by atoms with van der Waals surface area (Å²) in [5, 5.41) is 4.61. The number of methoxy groups -OCH3 is 1. The van der Waals surface area contributed by atoms with Gasteiger partial charge in [-0.3, -0.25) is 4.79 Å². The lowest BCUT2D eigenvalue weighted by Gasteiger charge is -2.26. The zero-order valence-corrected chi connectivity index (χ0v) is 16.0. The predicted octanol–water partition coefficient (Wildman–Crippen LogP) is 2.15. The molecule has 2 aromatic heterocycles. The number of rotatable bonds is 5. The van der Waals surface area contributed by atoms with Gasteiger partial charge in [-0.25, -0.2) is 14.6 Å². The van der Waals surface area contributed by atoms with Crippen molar-refractivity contribution in [1.29, 1.82) is 0 Å². The SMILES string of the molecule is COCc1nccc(N2CCCC2Cn2nc(C(C)(C)C)ccc2=O)n1. The summed E-state index contributed by atoms with van der Waals surface area (Å²) in [6.07, 6.45) is 3.84. The smallest absolute Gasteiger partial charge is 0.266 e. The van der Waals surface area contributed by atoms with Gasteiger partial charge in [-0.15, -0.1) is 0 Å². The van der Waals surface area contributed by atoms with Crippen molar-refractivity contribution >= 4 is 5.82 Å². The van der Waals surface area contributed by atoms with Gasteiger partial charge in [-0.1, -0.05) is 20.8 Å². The maximum absolute atomic E-state index is 12.3. The van der Waals surface area contributed by atoms with Gasteiger partial charge < -0.3 is 9.64 Å². The van der Waals surface area contributed by atoms with E-state index in [1.54, 1.807) is 24.1 Å². The standard InChI is InChI=1S/C19H27N5O2/c1-19(2,3)15-7-8-18(25)24(22-15)12-14-6-5-11-23(14)17-9-10-20-16(21-17)13-26-4/h7-10,14H,5-6,11-13H2,1-4H3. The Morgan fingerprint density at radius 3 is 2.81 bits per heavy atom. The monoisotopic (exact) mass is 357 g/mol. The van der Waals surface area contributed by atoms with Crippen LogP contribution >= 0.6 is 0 Å². The van der Waals surface area contributed by atoms with Gasteiger partial charge >= 0.3 is 0 Å². The van der Waals surface area contributed by atoms with E-state index in [2.05, 4.69) is 40.7 Å². The number of hydrogen-bond donors (Lipinski definition) is 0. The molecule has 7 heteroatoms. The molecule has 26 heavy (non-hydrogen) atoms. The third kappa shape index (κ3) is 4.09. The van der Waals surface area contributed by atoms with E-state index in [1.165, 1.54) is 0 Å².